The number of hydrogen-bond donors (Lipinski definition) is 1. The van der Waals surface area contributed by atoms with Crippen LogP contribution in [0.5, 0.6) is 5.75 Å². The van der Waals surface area contributed by atoms with Gasteiger partial charge in [-0.15, -0.1) is 0 Å². The molecule has 0 spiro atoms. The molecule has 1 aromatic heterocycles. The number of methoxy groups -OCH3 is 1. The summed E-state index contributed by atoms with van der Waals surface area (Å²) in [6.07, 6.45) is 0. The molecule has 0 saturated carbocycles. The highest BCUT2D eigenvalue weighted by Crippen LogP contribution is 2.19. The molecule has 1 aromatic carbocycles. The second-order valence-electron chi connectivity index (χ2n) is 5.15. The van der Waals surface area contributed by atoms with E-state index in [1.54, 1.807) is 7.11 Å². The van der Waals surface area contributed by atoms with E-state index in [2.05, 4.69) is 43.3 Å². The number of aromatic nitrogens is 2. The first-order valence-corrected chi connectivity index (χ1v) is 6.89. The third-order valence-corrected chi connectivity index (χ3v) is 3.86. The fourth-order valence-corrected chi connectivity index (χ4v) is 2.34. The Bertz CT molecular complexity index is 572. The summed E-state index contributed by atoms with van der Waals surface area (Å²) < 4.78 is 7.12. The molecule has 1 N–H and O–H groups in total. The number of hydrogen-bond acceptors (Lipinski definition) is 3. The first-order valence-electron chi connectivity index (χ1n) is 6.89. The summed E-state index contributed by atoms with van der Waals surface area (Å²) >= 11 is 0. The van der Waals surface area contributed by atoms with Gasteiger partial charge in [-0.1, -0.05) is 12.1 Å². The van der Waals surface area contributed by atoms with E-state index in [1.165, 1.54) is 16.8 Å². The van der Waals surface area contributed by atoms with Crippen LogP contribution in [-0.4, -0.2) is 16.9 Å². The summed E-state index contributed by atoms with van der Waals surface area (Å²) in [6, 6.07) is 8.47. The molecule has 0 fully saturated rings. The van der Waals surface area contributed by atoms with Crippen LogP contribution in [0.15, 0.2) is 24.3 Å². The first kappa shape index (κ1) is 14.6. The molecule has 4 nitrogen and oxygen atoms in total. The van der Waals surface area contributed by atoms with Crippen LogP contribution in [-0.2, 0) is 13.6 Å². The molecule has 0 aliphatic carbocycles. The highest BCUT2D eigenvalue weighted by Gasteiger charge is 2.11. The van der Waals surface area contributed by atoms with Crippen molar-refractivity contribution in [1.82, 2.24) is 15.1 Å². The van der Waals surface area contributed by atoms with Gasteiger partial charge >= 0.3 is 0 Å². The van der Waals surface area contributed by atoms with Gasteiger partial charge in [-0.05, 0) is 38.5 Å². The SMILES string of the molecule is COc1ccc(C(C)NCc2c(C)nn(C)c2C)cc1. The fraction of sp³-hybridized carbons (Fsp3) is 0.438. The van der Waals surface area contributed by atoms with Gasteiger partial charge in [-0.2, -0.15) is 5.10 Å². The molecular weight excluding hydrogens is 250 g/mol. The van der Waals surface area contributed by atoms with E-state index in [4.69, 9.17) is 4.74 Å². The largest absolute Gasteiger partial charge is 0.497 e. The van der Waals surface area contributed by atoms with Gasteiger partial charge in [0.25, 0.3) is 0 Å². The standard InChI is InChI=1S/C16H23N3O/c1-11(14-6-8-15(20-5)9-7-14)17-10-16-12(2)18-19(4)13(16)3/h6-9,11,17H,10H2,1-5H3. The lowest BCUT2D eigenvalue weighted by atomic mass is 10.1. The summed E-state index contributed by atoms with van der Waals surface area (Å²) in [5.74, 6) is 0.889. The van der Waals surface area contributed by atoms with Crippen molar-refractivity contribution < 1.29 is 4.74 Å². The Morgan fingerprint density at radius 2 is 1.90 bits per heavy atom. The quantitative estimate of drug-likeness (QED) is 0.910. The molecule has 1 unspecified atom stereocenters. The van der Waals surface area contributed by atoms with Gasteiger partial charge in [0.05, 0.1) is 12.8 Å². The second-order valence-corrected chi connectivity index (χ2v) is 5.15. The molecule has 4 heteroatoms. The lowest BCUT2D eigenvalue weighted by Gasteiger charge is -2.15. The molecule has 2 aromatic rings. The van der Waals surface area contributed by atoms with E-state index >= 15 is 0 Å². The van der Waals surface area contributed by atoms with Gasteiger partial charge in [-0.3, -0.25) is 4.68 Å². The Morgan fingerprint density at radius 3 is 2.40 bits per heavy atom. The van der Waals surface area contributed by atoms with Crippen LogP contribution in [0.4, 0.5) is 0 Å². The number of nitrogens with zero attached hydrogens (tertiary/aromatic N) is 2. The predicted molar refractivity (Wildman–Crippen MR) is 80.9 cm³/mol. The van der Waals surface area contributed by atoms with E-state index in [0.29, 0.717) is 6.04 Å². The van der Waals surface area contributed by atoms with Crippen molar-refractivity contribution in [1.29, 1.82) is 0 Å². The average molecular weight is 273 g/mol. The minimum absolute atomic E-state index is 0.292. The lowest BCUT2D eigenvalue weighted by molar-refractivity contribution is 0.414. The second kappa shape index (κ2) is 6.09. The lowest BCUT2D eigenvalue weighted by Crippen LogP contribution is -2.18. The van der Waals surface area contributed by atoms with Crippen LogP contribution >= 0.6 is 0 Å². The number of aryl methyl sites for hydroxylation is 2. The molecule has 0 aliphatic rings. The summed E-state index contributed by atoms with van der Waals surface area (Å²) in [4.78, 5) is 0. The summed E-state index contributed by atoms with van der Waals surface area (Å²) in [5.41, 5.74) is 4.86. The zero-order valence-electron chi connectivity index (χ0n) is 12.9. The Labute approximate surface area is 120 Å². The van der Waals surface area contributed by atoms with Gasteiger partial charge in [0.15, 0.2) is 0 Å². The van der Waals surface area contributed by atoms with Crippen LogP contribution in [0.25, 0.3) is 0 Å². The number of nitrogens with one attached hydrogen (secondary N) is 1. The minimum Gasteiger partial charge on any atom is -0.497 e. The molecule has 1 heterocycles. The zero-order chi connectivity index (χ0) is 14.7. The molecule has 108 valence electrons. The molecule has 0 radical (unpaired) electrons. The van der Waals surface area contributed by atoms with Crippen molar-refractivity contribution in [3.8, 4) is 5.75 Å². The molecule has 0 amide bonds. The first-order chi connectivity index (χ1) is 9.52. The van der Waals surface area contributed by atoms with Crippen molar-refractivity contribution in [2.24, 2.45) is 7.05 Å². The Morgan fingerprint density at radius 1 is 1.25 bits per heavy atom. The molecule has 0 saturated heterocycles. The van der Waals surface area contributed by atoms with Crippen molar-refractivity contribution in [3.63, 3.8) is 0 Å². The van der Waals surface area contributed by atoms with Gasteiger partial charge in [0.2, 0.25) is 0 Å². The van der Waals surface area contributed by atoms with Gasteiger partial charge in [0, 0.05) is 30.9 Å². The van der Waals surface area contributed by atoms with E-state index in [9.17, 15) is 0 Å². The Hall–Kier alpha value is -1.81. The third-order valence-electron chi connectivity index (χ3n) is 3.86. The number of rotatable bonds is 5. The van der Waals surface area contributed by atoms with Crippen molar-refractivity contribution in [2.75, 3.05) is 7.11 Å². The predicted octanol–water partition coefficient (Wildman–Crippen LogP) is 2.90. The maximum Gasteiger partial charge on any atom is 0.118 e. The third kappa shape index (κ3) is 3.02. The highest BCUT2D eigenvalue weighted by molar-refractivity contribution is 5.29. The molecule has 0 bridgehead atoms. The molecule has 1 atom stereocenters. The molecular formula is C16H23N3O. The zero-order valence-corrected chi connectivity index (χ0v) is 12.9. The topological polar surface area (TPSA) is 39.1 Å². The van der Waals surface area contributed by atoms with Crippen LogP contribution in [0, 0.1) is 13.8 Å². The van der Waals surface area contributed by atoms with Crippen LogP contribution in [0.3, 0.4) is 0 Å². The monoisotopic (exact) mass is 273 g/mol. The van der Waals surface area contributed by atoms with Gasteiger partial charge < -0.3 is 10.1 Å². The van der Waals surface area contributed by atoms with Gasteiger partial charge in [-0.25, -0.2) is 0 Å². The molecule has 20 heavy (non-hydrogen) atoms. The van der Waals surface area contributed by atoms with Crippen molar-refractivity contribution in [2.45, 2.75) is 33.4 Å². The Balaban J connectivity index is 2.02. The fourth-order valence-electron chi connectivity index (χ4n) is 2.34. The number of benzene rings is 1. The Kier molecular flexibility index (Phi) is 4.45. The molecule has 0 aliphatic heterocycles. The normalized spacial score (nSPS) is 12.4. The van der Waals surface area contributed by atoms with Crippen molar-refractivity contribution >= 4 is 0 Å². The van der Waals surface area contributed by atoms with Gasteiger partial charge in [0.1, 0.15) is 5.75 Å². The van der Waals surface area contributed by atoms with Crippen LogP contribution in [0.2, 0.25) is 0 Å². The van der Waals surface area contributed by atoms with E-state index in [1.807, 2.05) is 23.9 Å². The summed E-state index contributed by atoms with van der Waals surface area (Å²) in [5, 5.41) is 8.00. The molecule has 2 rings (SSSR count). The van der Waals surface area contributed by atoms with E-state index < -0.39 is 0 Å². The minimum atomic E-state index is 0.292. The number of ether oxygens (including phenoxy) is 1. The maximum atomic E-state index is 5.18. The maximum absolute atomic E-state index is 5.18. The average Bonchev–Trinajstić information content (AvgIpc) is 2.70. The highest BCUT2D eigenvalue weighted by atomic mass is 16.5. The summed E-state index contributed by atoms with van der Waals surface area (Å²) in [7, 11) is 3.67. The van der Waals surface area contributed by atoms with Crippen LogP contribution in [0.1, 0.15) is 35.5 Å². The van der Waals surface area contributed by atoms with Crippen LogP contribution < -0.4 is 10.1 Å². The van der Waals surface area contributed by atoms with Crippen molar-refractivity contribution in [3.05, 3.63) is 46.8 Å². The van der Waals surface area contributed by atoms with E-state index in [0.717, 1.165) is 18.0 Å². The smallest absolute Gasteiger partial charge is 0.118 e. The van der Waals surface area contributed by atoms with E-state index in [-0.39, 0.29) is 0 Å². The summed E-state index contributed by atoms with van der Waals surface area (Å²) in [6.45, 7) is 7.17.